The molecule has 0 heterocycles. The van der Waals surface area contributed by atoms with Gasteiger partial charge in [0.25, 0.3) is 0 Å². The number of carboxylic acid groups (broad SMARTS) is 1. The maximum atomic E-state index is 12.5. The fourth-order valence-electron chi connectivity index (χ4n) is 1.60. The van der Waals surface area contributed by atoms with Gasteiger partial charge in [0.1, 0.15) is 0 Å². The summed E-state index contributed by atoms with van der Waals surface area (Å²) < 4.78 is 60.9. The molecule has 1 atom stereocenters. The Morgan fingerprint density at radius 1 is 1.35 bits per heavy atom. The van der Waals surface area contributed by atoms with Crippen LogP contribution in [0.4, 0.5) is 13.2 Å². The molecule has 0 aliphatic heterocycles. The zero-order valence-electron chi connectivity index (χ0n) is 10.5. The molecule has 1 rings (SSSR count). The number of halogens is 3. The second-order valence-corrected chi connectivity index (χ2v) is 6.60. The van der Waals surface area contributed by atoms with Gasteiger partial charge in [-0.1, -0.05) is 25.1 Å². The van der Waals surface area contributed by atoms with Crippen molar-refractivity contribution in [1.29, 1.82) is 0 Å². The Hall–Kier alpha value is -1.57. The molecule has 0 aromatic heterocycles. The normalized spacial score (nSPS) is 14.0. The van der Waals surface area contributed by atoms with Crippen LogP contribution >= 0.6 is 0 Å². The molecule has 0 bridgehead atoms. The third-order valence-corrected chi connectivity index (χ3v) is 4.35. The molecule has 0 radical (unpaired) electrons. The van der Waals surface area contributed by atoms with Crippen LogP contribution < -0.4 is 0 Å². The number of hydrogen-bond donors (Lipinski definition) is 1. The fourth-order valence-corrected chi connectivity index (χ4v) is 3.31. The Balaban J connectivity index is 2.91. The second-order valence-electron chi connectivity index (χ2n) is 4.49. The summed E-state index contributed by atoms with van der Waals surface area (Å²) in [7, 11) is -3.79. The molecule has 1 aromatic rings. The molecule has 0 fully saturated rings. The summed E-state index contributed by atoms with van der Waals surface area (Å²) in [5, 5.41) is 8.65. The number of hydrogen-bond acceptors (Lipinski definition) is 3. The molecule has 0 amide bonds. The number of rotatable bonds is 5. The first-order valence-corrected chi connectivity index (χ1v) is 7.43. The Kier molecular flexibility index (Phi) is 4.80. The van der Waals surface area contributed by atoms with Crippen molar-refractivity contribution in [1.82, 2.24) is 0 Å². The highest BCUT2D eigenvalue weighted by molar-refractivity contribution is 7.90. The van der Waals surface area contributed by atoms with Gasteiger partial charge in [0.15, 0.2) is 9.84 Å². The summed E-state index contributed by atoms with van der Waals surface area (Å²) >= 11 is 0. The molecule has 0 saturated carbocycles. The van der Waals surface area contributed by atoms with Crippen LogP contribution in [0, 0.1) is 5.92 Å². The minimum Gasteiger partial charge on any atom is -0.481 e. The first kappa shape index (κ1) is 16.5. The van der Waals surface area contributed by atoms with Crippen molar-refractivity contribution in [3.05, 3.63) is 35.4 Å². The number of sulfone groups is 1. The Morgan fingerprint density at radius 3 is 2.45 bits per heavy atom. The van der Waals surface area contributed by atoms with Crippen molar-refractivity contribution in [2.75, 3.05) is 5.75 Å². The molecule has 8 heteroatoms. The minimum absolute atomic E-state index is 0.0163. The third kappa shape index (κ3) is 4.84. The summed E-state index contributed by atoms with van der Waals surface area (Å²) in [5.74, 6) is -3.60. The third-order valence-electron chi connectivity index (χ3n) is 2.57. The van der Waals surface area contributed by atoms with E-state index < -0.39 is 45.0 Å². The van der Waals surface area contributed by atoms with Gasteiger partial charge in [0, 0.05) is 0 Å². The quantitative estimate of drug-likeness (QED) is 0.906. The molecular weight excluding hydrogens is 297 g/mol. The molecule has 1 aromatic carbocycles. The highest BCUT2D eigenvalue weighted by Crippen LogP contribution is 2.29. The van der Waals surface area contributed by atoms with E-state index in [-0.39, 0.29) is 5.56 Å². The van der Waals surface area contributed by atoms with Crippen molar-refractivity contribution in [2.45, 2.75) is 18.9 Å². The van der Waals surface area contributed by atoms with E-state index in [1.165, 1.54) is 13.0 Å². The zero-order valence-corrected chi connectivity index (χ0v) is 11.3. The predicted octanol–water partition coefficient (Wildman–Crippen LogP) is 2.34. The van der Waals surface area contributed by atoms with E-state index in [0.29, 0.717) is 0 Å². The largest absolute Gasteiger partial charge is 0.481 e. The first-order chi connectivity index (χ1) is 9.01. The van der Waals surface area contributed by atoms with Crippen LogP contribution in [0.1, 0.15) is 18.1 Å². The maximum absolute atomic E-state index is 12.5. The molecule has 1 N–H and O–H groups in total. The standard InChI is InChI=1S/C12H13F3O4S/c1-8(11(16)17)6-20(18,19)7-9-3-2-4-10(5-9)12(13,14)15/h2-5,8H,6-7H2,1H3,(H,16,17). The maximum Gasteiger partial charge on any atom is 0.416 e. The number of aliphatic carboxylic acids is 1. The van der Waals surface area contributed by atoms with Crippen molar-refractivity contribution in [3.63, 3.8) is 0 Å². The van der Waals surface area contributed by atoms with Gasteiger partial charge in [-0.2, -0.15) is 13.2 Å². The SMILES string of the molecule is CC(CS(=O)(=O)Cc1cccc(C(F)(F)F)c1)C(=O)O. The molecule has 0 spiro atoms. The Labute approximate surface area is 114 Å². The predicted molar refractivity (Wildman–Crippen MR) is 65.7 cm³/mol. The second kappa shape index (κ2) is 5.82. The average molecular weight is 310 g/mol. The molecule has 0 aliphatic rings. The first-order valence-electron chi connectivity index (χ1n) is 5.60. The van der Waals surface area contributed by atoms with Gasteiger partial charge in [-0.3, -0.25) is 4.79 Å². The Bertz CT molecular complexity index is 593. The fraction of sp³-hybridized carbons (Fsp3) is 0.417. The topological polar surface area (TPSA) is 71.4 Å². The van der Waals surface area contributed by atoms with E-state index in [1.54, 1.807) is 0 Å². The summed E-state index contributed by atoms with van der Waals surface area (Å²) in [6.45, 7) is 1.23. The lowest BCUT2D eigenvalue weighted by Crippen LogP contribution is -2.22. The summed E-state index contributed by atoms with van der Waals surface area (Å²) in [4.78, 5) is 10.6. The van der Waals surface area contributed by atoms with E-state index in [2.05, 4.69) is 0 Å². The molecule has 4 nitrogen and oxygen atoms in total. The van der Waals surface area contributed by atoms with E-state index in [0.717, 1.165) is 18.2 Å². The lowest BCUT2D eigenvalue weighted by atomic mass is 10.1. The van der Waals surface area contributed by atoms with E-state index in [1.807, 2.05) is 0 Å². The van der Waals surface area contributed by atoms with Gasteiger partial charge < -0.3 is 5.11 Å². The molecular formula is C12H13F3O4S. The van der Waals surface area contributed by atoms with Crippen LogP contribution in [0.3, 0.4) is 0 Å². The van der Waals surface area contributed by atoms with Gasteiger partial charge in [-0.25, -0.2) is 8.42 Å². The minimum atomic E-state index is -4.55. The molecule has 0 aliphatic carbocycles. The molecule has 0 saturated heterocycles. The smallest absolute Gasteiger partial charge is 0.416 e. The highest BCUT2D eigenvalue weighted by atomic mass is 32.2. The van der Waals surface area contributed by atoms with Crippen molar-refractivity contribution in [3.8, 4) is 0 Å². The van der Waals surface area contributed by atoms with Crippen molar-refractivity contribution >= 4 is 15.8 Å². The van der Waals surface area contributed by atoms with Gasteiger partial charge in [0.2, 0.25) is 0 Å². The van der Waals surface area contributed by atoms with E-state index in [4.69, 9.17) is 5.11 Å². The number of benzene rings is 1. The number of alkyl halides is 3. The molecule has 112 valence electrons. The van der Waals surface area contributed by atoms with Crippen LogP contribution in [-0.4, -0.2) is 25.2 Å². The van der Waals surface area contributed by atoms with Gasteiger partial charge in [-0.05, 0) is 11.6 Å². The summed E-state index contributed by atoms with van der Waals surface area (Å²) in [5.41, 5.74) is -0.950. The van der Waals surface area contributed by atoms with E-state index in [9.17, 15) is 26.4 Å². The Morgan fingerprint density at radius 2 is 1.95 bits per heavy atom. The lowest BCUT2D eigenvalue weighted by molar-refractivity contribution is -0.140. The average Bonchev–Trinajstić information content (AvgIpc) is 2.26. The number of carbonyl (C=O) groups is 1. The summed E-state index contributed by atoms with van der Waals surface area (Å²) in [6, 6.07) is 3.98. The van der Waals surface area contributed by atoms with Crippen molar-refractivity contribution < 1.29 is 31.5 Å². The zero-order chi connectivity index (χ0) is 15.6. The van der Waals surface area contributed by atoms with Gasteiger partial charge in [-0.15, -0.1) is 0 Å². The highest BCUT2D eigenvalue weighted by Gasteiger charge is 2.31. The molecule has 20 heavy (non-hydrogen) atoms. The van der Waals surface area contributed by atoms with E-state index >= 15 is 0 Å². The number of carboxylic acids is 1. The van der Waals surface area contributed by atoms with Crippen LogP contribution in [0.15, 0.2) is 24.3 Å². The van der Waals surface area contributed by atoms with Gasteiger partial charge >= 0.3 is 12.1 Å². The molecule has 1 unspecified atom stereocenters. The van der Waals surface area contributed by atoms with Crippen LogP contribution in [0.2, 0.25) is 0 Å². The van der Waals surface area contributed by atoms with Crippen molar-refractivity contribution in [2.24, 2.45) is 5.92 Å². The van der Waals surface area contributed by atoms with Crippen LogP contribution in [-0.2, 0) is 26.6 Å². The monoisotopic (exact) mass is 310 g/mol. The lowest BCUT2D eigenvalue weighted by Gasteiger charge is -2.10. The van der Waals surface area contributed by atoms with Crippen LogP contribution in [0.5, 0.6) is 0 Å². The van der Waals surface area contributed by atoms with Crippen LogP contribution in [0.25, 0.3) is 0 Å². The van der Waals surface area contributed by atoms with Gasteiger partial charge in [0.05, 0.1) is 23.0 Å². The summed E-state index contributed by atoms with van der Waals surface area (Å²) in [6.07, 6.45) is -4.55.